The molecule has 1 amide bonds. The molecule has 3 atom stereocenters. The number of nitrogens with zero attached hydrogens (tertiary/aromatic N) is 2. The molecule has 2 heterocycles. The first kappa shape index (κ1) is 19.7. The van der Waals surface area contributed by atoms with E-state index in [1.54, 1.807) is 16.2 Å². The van der Waals surface area contributed by atoms with Crippen molar-refractivity contribution in [3.63, 3.8) is 0 Å². The van der Waals surface area contributed by atoms with Gasteiger partial charge in [0.1, 0.15) is 12.1 Å². The van der Waals surface area contributed by atoms with E-state index in [1.807, 2.05) is 34.6 Å². The van der Waals surface area contributed by atoms with Gasteiger partial charge < -0.3 is 15.3 Å². The van der Waals surface area contributed by atoms with Crippen LogP contribution >= 0.6 is 11.3 Å². The van der Waals surface area contributed by atoms with Crippen molar-refractivity contribution in [3.05, 3.63) is 10.6 Å². The average Bonchev–Trinajstić information content (AvgIpc) is 2.86. The highest BCUT2D eigenvalue weighted by Gasteiger charge is 2.73. The number of nitrogens with one attached hydrogen (secondary N) is 1. The fraction of sp³-hybridized carbons (Fsp3) is 0.762. The smallest absolute Gasteiger partial charge is 0.326 e. The van der Waals surface area contributed by atoms with E-state index in [0.717, 1.165) is 22.1 Å². The van der Waals surface area contributed by atoms with Crippen LogP contribution < -0.4 is 5.32 Å². The van der Waals surface area contributed by atoms with E-state index in [2.05, 4.69) is 10.3 Å². The molecule has 1 aliphatic heterocycles. The lowest BCUT2D eigenvalue weighted by Crippen LogP contribution is -2.52. The topological polar surface area (TPSA) is 82.5 Å². The van der Waals surface area contributed by atoms with Gasteiger partial charge in [-0.1, -0.05) is 27.2 Å². The number of likely N-dealkylation sites (tertiary alicyclic amines) is 1. The van der Waals surface area contributed by atoms with E-state index >= 15 is 0 Å². The third-order valence-corrected chi connectivity index (χ3v) is 8.40. The minimum atomic E-state index is -0.875. The highest BCUT2D eigenvalue weighted by molar-refractivity contribution is 7.15. The van der Waals surface area contributed by atoms with Crippen LogP contribution in [0.2, 0.25) is 0 Å². The number of carbonyl (C=O) groups is 2. The van der Waals surface area contributed by atoms with Crippen molar-refractivity contribution < 1.29 is 14.7 Å². The molecule has 0 radical (unpaired) electrons. The number of aryl methyl sites for hydroxylation is 2. The van der Waals surface area contributed by atoms with Crippen molar-refractivity contribution in [2.75, 3.05) is 11.9 Å². The lowest BCUT2D eigenvalue weighted by Gasteiger charge is -2.35. The molecule has 3 fully saturated rings. The quantitative estimate of drug-likeness (QED) is 0.795. The number of carbonyl (C=O) groups excluding carboxylic acids is 1. The van der Waals surface area contributed by atoms with Gasteiger partial charge in [-0.25, -0.2) is 9.78 Å². The molecule has 0 unspecified atom stereocenters. The lowest BCUT2D eigenvalue weighted by molar-refractivity contribution is -0.149. The van der Waals surface area contributed by atoms with E-state index in [-0.39, 0.29) is 16.7 Å². The molecule has 0 aromatic carbocycles. The highest BCUT2D eigenvalue weighted by atomic mass is 32.1. The van der Waals surface area contributed by atoms with Crippen LogP contribution in [0.15, 0.2) is 0 Å². The Bertz CT molecular complexity index is 804. The molecule has 7 heteroatoms. The zero-order valence-electron chi connectivity index (χ0n) is 17.5. The Balaban J connectivity index is 1.59. The third-order valence-electron chi connectivity index (χ3n) is 7.40. The van der Waals surface area contributed by atoms with Gasteiger partial charge in [0.2, 0.25) is 5.91 Å². The molecule has 6 nitrogen and oxygen atoms in total. The molecule has 28 heavy (non-hydrogen) atoms. The summed E-state index contributed by atoms with van der Waals surface area (Å²) in [5, 5.41) is 13.9. The van der Waals surface area contributed by atoms with Crippen LogP contribution in [0.1, 0.15) is 63.4 Å². The van der Waals surface area contributed by atoms with Crippen LogP contribution in [0.3, 0.4) is 0 Å². The number of fused-ring (bicyclic) bond motifs is 1. The highest BCUT2D eigenvalue weighted by Crippen LogP contribution is 2.77. The van der Waals surface area contributed by atoms with Crippen molar-refractivity contribution in [1.82, 2.24) is 9.88 Å². The molecule has 4 rings (SSSR count). The van der Waals surface area contributed by atoms with Gasteiger partial charge >= 0.3 is 5.97 Å². The first-order valence-electron chi connectivity index (χ1n) is 10.2. The molecule has 3 aliphatic rings. The molecule has 2 saturated carbocycles. The Kier molecular flexibility index (Phi) is 4.34. The van der Waals surface area contributed by atoms with Gasteiger partial charge in [-0.15, -0.1) is 11.3 Å². The SMILES string of the molecule is Cc1nc(N[C@H](C(=O)N2C[C@]3(C[C@H]2C(=O)O)CC32CCC2)C(C)(C)C)sc1C. The molecule has 2 aliphatic carbocycles. The van der Waals surface area contributed by atoms with E-state index in [0.29, 0.717) is 18.4 Å². The van der Waals surface area contributed by atoms with Gasteiger partial charge in [-0.3, -0.25) is 4.79 Å². The Hall–Kier alpha value is -1.63. The molecule has 154 valence electrons. The number of hydrogen-bond donors (Lipinski definition) is 2. The maximum Gasteiger partial charge on any atom is 0.326 e. The van der Waals surface area contributed by atoms with Crippen LogP contribution in [-0.4, -0.2) is 45.5 Å². The van der Waals surface area contributed by atoms with Crippen molar-refractivity contribution in [3.8, 4) is 0 Å². The summed E-state index contributed by atoms with van der Waals surface area (Å²) in [5.74, 6) is -0.983. The molecule has 1 aromatic rings. The van der Waals surface area contributed by atoms with Gasteiger partial charge in [-0.2, -0.15) is 0 Å². The van der Waals surface area contributed by atoms with Crippen LogP contribution in [0.5, 0.6) is 0 Å². The number of carboxylic acids is 1. The number of rotatable bonds is 4. The number of carboxylic acid groups (broad SMARTS) is 1. The minimum absolute atomic E-state index is 0.0424. The predicted octanol–water partition coefficient (Wildman–Crippen LogP) is 3.83. The molecule has 0 bridgehead atoms. The molecular formula is C21H31N3O3S. The second-order valence-corrected chi connectivity index (χ2v) is 11.4. The van der Waals surface area contributed by atoms with Crippen LogP contribution in [-0.2, 0) is 9.59 Å². The van der Waals surface area contributed by atoms with E-state index in [1.165, 1.54) is 19.3 Å². The van der Waals surface area contributed by atoms with Gasteiger partial charge in [0.05, 0.1) is 5.69 Å². The number of thiazole rings is 1. The summed E-state index contributed by atoms with van der Waals surface area (Å²) in [5.41, 5.74) is 0.965. The number of aromatic nitrogens is 1. The summed E-state index contributed by atoms with van der Waals surface area (Å²) in [6.07, 6.45) is 5.33. The molecular weight excluding hydrogens is 374 g/mol. The van der Waals surface area contributed by atoms with Crippen LogP contribution in [0.4, 0.5) is 5.13 Å². The summed E-state index contributed by atoms with van der Waals surface area (Å²) in [7, 11) is 0. The van der Waals surface area contributed by atoms with Gasteiger partial charge in [0.15, 0.2) is 5.13 Å². The fourth-order valence-corrected chi connectivity index (χ4v) is 6.17. The number of amides is 1. The first-order chi connectivity index (χ1) is 13.0. The molecule has 2 spiro atoms. The number of aliphatic carboxylic acids is 1. The van der Waals surface area contributed by atoms with E-state index in [4.69, 9.17) is 0 Å². The summed E-state index contributed by atoms with van der Waals surface area (Å²) < 4.78 is 0. The van der Waals surface area contributed by atoms with Crippen LogP contribution in [0.25, 0.3) is 0 Å². The summed E-state index contributed by atoms with van der Waals surface area (Å²) in [6, 6.07) is -1.22. The number of hydrogen-bond acceptors (Lipinski definition) is 5. The minimum Gasteiger partial charge on any atom is -0.480 e. The van der Waals surface area contributed by atoms with E-state index < -0.39 is 18.1 Å². The normalized spacial score (nSPS) is 29.0. The maximum absolute atomic E-state index is 13.6. The van der Waals surface area contributed by atoms with Gasteiger partial charge in [-0.05, 0) is 55.8 Å². The van der Waals surface area contributed by atoms with Crippen LogP contribution in [0, 0.1) is 30.1 Å². The van der Waals surface area contributed by atoms with Crippen molar-refractivity contribution in [2.24, 2.45) is 16.2 Å². The van der Waals surface area contributed by atoms with Crippen molar-refractivity contribution in [1.29, 1.82) is 0 Å². The molecule has 1 saturated heterocycles. The average molecular weight is 406 g/mol. The third kappa shape index (κ3) is 2.93. The Morgan fingerprint density at radius 3 is 2.39 bits per heavy atom. The molecule has 2 N–H and O–H groups in total. The van der Waals surface area contributed by atoms with Gasteiger partial charge in [0.25, 0.3) is 0 Å². The standard InChI is InChI=1S/C21H31N3O3S/c1-12-13(2)28-18(22-12)23-15(19(3,4)5)16(25)24-11-21(9-14(24)17(26)27)10-20(21)7-6-8-20/h14-15H,6-11H2,1-5H3,(H,22,23)(H,26,27)/t14-,15+,21-/m0/s1. The fourth-order valence-electron chi connectivity index (χ4n) is 5.33. The summed E-state index contributed by atoms with van der Waals surface area (Å²) >= 11 is 1.54. The molecule has 1 aromatic heterocycles. The van der Waals surface area contributed by atoms with Crippen molar-refractivity contribution >= 4 is 28.3 Å². The zero-order chi connectivity index (χ0) is 20.5. The van der Waals surface area contributed by atoms with Gasteiger partial charge in [0, 0.05) is 11.4 Å². The first-order valence-corrected chi connectivity index (χ1v) is 11.0. The monoisotopic (exact) mass is 405 g/mol. The Morgan fingerprint density at radius 1 is 1.29 bits per heavy atom. The predicted molar refractivity (Wildman–Crippen MR) is 110 cm³/mol. The maximum atomic E-state index is 13.6. The zero-order valence-corrected chi connectivity index (χ0v) is 18.3. The second-order valence-electron chi connectivity index (χ2n) is 10.2. The Morgan fingerprint density at radius 2 is 1.96 bits per heavy atom. The lowest BCUT2D eigenvalue weighted by atomic mass is 9.74. The Labute approximate surface area is 170 Å². The second kappa shape index (κ2) is 6.18. The number of anilines is 1. The van der Waals surface area contributed by atoms with E-state index in [9.17, 15) is 14.7 Å². The van der Waals surface area contributed by atoms with Crippen molar-refractivity contribution in [2.45, 2.75) is 78.8 Å². The summed E-state index contributed by atoms with van der Waals surface area (Å²) in [4.78, 5) is 32.9. The summed E-state index contributed by atoms with van der Waals surface area (Å²) in [6.45, 7) is 10.6. The largest absolute Gasteiger partial charge is 0.480 e.